The van der Waals surface area contributed by atoms with Crippen molar-refractivity contribution >= 4 is 12.3 Å². The number of hydrogen-bond acceptors (Lipinski definition) is 3. The van der Waals surface area contributed by atoms with Crippen molar-refractivity contribution in [3.8, 4) is 0 Å². The topological polar surface area (TPSA) is 43.4 Å². The molecule has 0 spiro atoms. The average Bonchev–Trinajstić information content (AvgIpc) is 1.99. The molecular weight excluding hydrogens is 170 g/mol. The van der Waals surface area contributed by atoms with Gasteiger partial charge >= 0.3 is 5.97 Å². The van der Waals surface area contributed by atoms with E-state index < -0.39 is 24.0 Å². The van der Waals surface area contributed by atoms with E-state index in [4.69, 9.17) is 0 Å². The molecule has 0 heterocycles. The molecule has 0 radical (unpaired) electrons. The Labute approximate surface area is 68.0 Å². The van der Waals surface area contributed by atoms with Gasteiger partial charge in [-0.15, -0.1) is 0 Å². The van der Waals surface area contributed by atoms with Gasteiger partial charge in [-0.05, 0) is 6.92 Å². The predicted molar refractivity (Wildman–Crippen MR) is 36.6 cm³/mol. The van der Waals surface area contributed by atoms with Gasteiger partial charge in [0.25, 0.3) is 6.08 Å². The molecule has 68 valence electrons. The number of carbonyl (C=O) groups is 2. The van der Waals surface area contributed by atoms with Crippen LogP contribution < -0.4 is 0 Å². The van der Waals surface area contributed by atoms with E-state index in [2.05, 4.69) is 4.74 Å². The Bertz CT molecular complexity index is 207. The second kappa shape index (κ2) is 5.40. The van der Waals surface area contributed by atoms with E-state index in [1.807, 2.05) is 0 Å². The van der Waals surface area contributed by atoms with Crippen LogP contribution in [0.2, 0.25) is 0 Å². The summed E-state index contributed by atoms with van der Waals surface area (Å²) in [5.41, 5.74) is -0.869. The normalized spacial score (nSPS) is 8.92. The fraction of sp³-hybridized carbons (Fsp3) is 0.429. The molecule has 0 saturated carbocycles. The smallest absolute Gasteiger partial charge is 0.339 e. The van der Waals surface area contributed by atoms with Gasteiger partial charge in [-0.1, -0.05) is 0 Å². The van der Waals surface area contributed by atoms with Crippen LogP contribution in [0.5, 0.6) is 0 Å². The number of ether oxygens (including phenoxy) is 1. The number of aldehydes is 1. The minimum absolute atomic E-state index is 0.00840. The van der Waals surface area contributed by atoms with Gasteiger partial charge in [0.05, 0.1) is 6.61 Å². The number of halogens is 2. The lowest BCUT2D eigenvalue weighted by atomic mass is 10.2. The lowest BCUT2D eigenvalue weighted by molar-refractivity contribution is -0.139. The first-order valence-electron chi connectivity index (χ1n) is 3.28. The zero-order valence-electron chi connectivity index (χ0n) is 6.47. The quantitative estimate of drug-likeness (QED) is 0.370. The van der Waals surface area contributed by atoms with Gasteiger partial charge in [0.2, 0.25) is 0 Å². The van der Waals surface area contributed by atoms with E-state index in [0.717, 1.165) is 0 Å². The molecule has 0 amide bonds. The predicted octanol–water partition coefficient (Wildman–Crippen LogP) is 1.29. The van der Waals surface area contributed by atoms with Crippen molar-refractivity contribution in [3.63, 3.8) is 0 Å². The van der Waals surface area contributed by atoms with Gasteiger partial charge in [0, 0.05) is 6.42 Å². The summed E-state index contributed by atoms with van der Waals surface area (Å²) < 4.78 is 28.0. The first-order chi connectivity index (χ1) is 5.63. The third-order valence-corrected chi connectivity index (χ3v) is 1.04. The lowest BCUT2D eigenvalue weighted by Crippen LogP contribution is -2.08. The van der Waals surface area contributed by atoms with Gasteiger partial charge in [-0.25, -0.2) is 4.79 Å². The van der Waals surface area contributed by atoms with Gasteiger partial charge in [-0.3, -0.25) is 0 Å². The second-order valence-corrected chi connectivity index (χ2v) is 1.83. The van der Waals surface area contributed by atoms with E-state index in [1.165, 1.54) is 6.92 Å². The highest BCUT2D eigenvalue weighted by Gasteiger charge is 2.16. The molecule has 0 bridgehead atoms. The van der Waals surface area contributed by atoms with Crippen LogP contribution in [-0.2, 0) is 14.3 Å². The maximum Gasteiger partial charge on any atom is 0.339 e. The molecule has 3 nitrogen and oxygen atoms in total. The highest BCUT2D eigenvalue weighted by molar-refractivity contribution is 5.91. The molecule has 0 aliphatic rings. The van der Waals surface area contributed by atoms with Crippen LogP contribution >= 0.6 is 0 Å². The van der Waals surface area contributed by atoms with E-state index in [1.54, 1.807) is 0 Å². The fourth-order valence-electron chi connectivity index (χ4n) is 0.539. The molecule has 0 N–H and O–H groups in total. The van der Waals surface area contributed by atoms with E-state index >= 15 is 0 Å². The number of rotatable bonds is 4. The molecule has 12 heavy (non-hydrogen) atoms. The summed E-state index contributed by atoms with van der Waals surface area (Å²) in [7, 11) is 0. The van der Waals surface area contributed by atoms with Crippen LogP contribution in [-0.4, -0.2) is 18.9 Å². The minimum Gasteiger partial charge on any atom is -0.462 e. The largest absolute Gasteiger partial charge is 0.462 e. The summed E-state index contributed by atoms with van der Waals surface area (Å²) in [5.74, 6) is -1.13. The van der Waals surface area contributed by atoms with Crippen LogP contribution in [0.15, 0.2) is 11.7 Å². The molecule has 0 atom stereocenters. The molecule has 0 aliphatic carbocycles. The molecule has 0 unspecified atom stereocenters. The van der Waals surface area contributed by atoms with Gasteiger partial charge in [0.15, 0.2) is 0 Å². The van der Waals surface area contributed by atoms with Crippen molar-refractivity contribution in [2.24, 2.45) is 0 Å². The highest BCUT2D eigenvalue weighted by atomic mass is 19.3. The number of carbonyl (C=O) groups excluding carboxylic acids is 2. The number of esters is 1. The maximum atomic E-state index is 11.9. The Kier molecular flexibility index (Phi) is 4.83. The Morgan fingerprint density at radius 2 is 2.08 bits per heavy atom. The van der Waals surface area contributed by atoms with Crippen molar-refractivity contribution in [1.29, 1.82) is 0 Å². The summed E-state index contributed by atoms with van der Waals surface area (Å²) in [5, 5.41) is 0. The molecule has 0 aromatic carbocycles. The summed E-state index contributed by atoms with van der Waals surface area (Å²) in [6, 6.07) is 0. The van der Waals surface area contributed by atoms with Gasteiger partial charge in [-0.2, -0.15) is 8.78 Å². The van der Waals surface area contributed by atoms with Crippen molar-refractivity contribution in [1.82, 2.24) is 0 Å². The first-order valence-corrected chi connectivity index (χ1v) is 3.28. The second-order valence-electron chi connectivity index (χ2n) is 1.83. The van der Waals surface area contributed by atoms with E-state index in [0.29, 0.717) is 0 Å². The Morgan fingerprint density at radius 3 is 2.42 bits per heavy atom. The van der Waals surface area contributed by atoms with Crippen molar-refractivity contribution < 1.29 is 23.1 Å². The fourth-order valence-corrected chi connectivity index (χ4v) is 0.539. The summed E-state index contributed by atoms with van der Waals surface area (Å²) in [6.07, 6.45) is -2.55. The molecule has 0 rings (SSSR count). The Morgan fingerprint density at radius 1 is 1.50 bits per heavy atom. The SMILES string of the molecule is CCOC(=O)C(CC=O)=C(F)F. The van der Waals surface area contributed by atoms with Crippen LogP contribution in [0.1, 0.15) is 13.3 Å². The summed E-state index contributed by atoms with van der Waals surface area (Å²) in [6.45, 7) is 1.50. The van der Waals surface area contributed by atoms with Gasteiger partial charge in [0.1, 0.15) is 11.9 Å². The molecular formula is C7H8F2O3. The van der Waals surface area contributed by atoms with E-state index in [9.17, 15) is 18.4 Å². The standard InChI is InChI=1S/C7H8F2O3/c1-2-12-7(11)5(3-4-10)6(8)9/h4H,2-3H2,1H3. The average molecular weight is 178 g/mol. The molecule has 0 aliphatic heterocycles. The number of hydrogen-bond donors (Lipinski definition) is 0. The molecule has 0 aromatic heterocycles. The van der Waals surface area contributed by atoms with Crippen LogP contribution in [0.4, 0.5) is 8.78 Å². The van der Waals surface area contributed by atoms with Gasteiger partial charge < -0.3 is 9.53 Å². The highest BCUT2D eigenvalue weighted by Crippen LogP contribution is 2.12. The zero-order chi connectivity index (χ0) is 9.56. The third-order valence-electron chi connectivity index (χ3n) is 1.04. The molecule has 0 aromatic rings. The lowest BCUT2D eigenvalue weighted by Gasteiger charge is -2.01. The van der Waals surface area contributed by atoms with Crippen molar-refractivity contribution in [3.05, 3.63) is 11.7 Å². The Hall–Kier alpha value is -1.26. The van der Waals surface area contributed by atoms with Crippen LogP contribution in [0.25, 0.3) is 0 Å². The van der Waals surface area contributed by atoms with Crippen LogP contribution in [0.3, 0.4) is 0 Å². The minimum atomic E-state index is -2.17. The maximum absolute atomic E-state index is 11.9. The van der Waals surface area contributed by atoms with Crippen molar-refractivity contribution in [2.45, 2.75) is 13.3 Å². The third kappa shape index (κ3) is 3.23. The first kappa shape index (κ1) is 10.7. The Balaban J connectivity index is 4.42. The van der Waals surface area contributed by atoms with Crippen molar-refractivity contribution in [2.75, 3.05) is 6.61 Å². The summed E-state index contributed by atoms with van der Waals surface area (Å²) in [4.78, 5) is 20.5. The zero-order valence-corrected chi connectivity index (χ0v) is 6.47. The molecule has 5 heteroatoms. The molecule has 0 saturated heterocycles. The monoisotopic (exact) mass is 178 g/mol. The summed E-state index contributed by atoms with van der Waals surface area (Å²) >= 11 is 0. The van der Waals surface area contributed by atoms with Crippen LogP contribution in [0, 0.1) is 0 Å². The van der Waals surface area contributed by atoms with E-state index in [-0.39, 0.29) is 12.9 Å². The molecule has 0 fully saturated rings.